The number of aryl methyl sites for hydroxylation is 2. The van der Waals surface area contributed by atoms with E-state index in [1.165, 1.54) is 25.7 Å². The average Bonchev–Trinajstić information content (AvgIpc) is 3.00. The van der Waals surface area contributed by atoms with Crippen LogP contribution >= 0.6 is 23.8 Å². The first-order chi connectivity index (χ1) is 9.52. The molecule has 0 spiro atoms. The van der Waals surface area contributed by atoms with E-state index in [0.717, 1.165) is 29.4 Å². The molecular weight excluding hydrogens is 292 g/mol. The van der Waals surface area contributed by atoms with Crippen LogP contribution in [0.3, 0.4) is 0 Å². The Morgan fingerprint density at radius 2 is 2.15 bits per heavy atom. The lowest BCUT2D eigenvalue weighted by Gasteiger charge is -2.28. The Hall–Kier alpha value is -0.650. The summed E-state index contributed by atoms with van der Waals surface area (Å²) < 4.78 is 1.89. The van der Waals surface area contributed by atoms with Crippen molar-refractivity contribution in [3.8, 4) is 0 Å². The molecule has 20 heavy (non-hydrogen) atoms. The van der Waals surface area contributed by atoms with E-state index in [2.05, 4.69) is 16.9 Å². The van der Waals surface area contributed by atoms with Gasteiger partial charge >= 0.3 is 0 Å². The molecule has 2 N–H and O–H groups in total. The summed E-state index contributed by atoms with van der Waals surface area (Å²) >= 11 is 11.5. The number of hydrogen-bond acceptors (Lipinski definition) is 3. The van der Waals surface area contributed by atoms with Gasteiger partial charge in [-0.05, 0) is 19.3 Å². The number of nitrogens with zero attached hydrogens (tertiary/aromatic N) is 3. The SMILES string of the molecule is CCc1nn(C)c(CN(CC(N)=S)C2CCCC2)c1Cl. The van der Waals surface area contributed by atoms with Gasteiger partial charge in [0, 0.05) is 26.2 Å². The van der Waals surface area contributed by atoms with Crippen LogP contribution < -0.4 is 5.73 Å². The summed E-state index contributed by atoms with van der Waals surface area (Å²) in [6.45, 7) is 3.50. The zero-order valence-electron chi connectivity index (χ0n) is 12.2. The third kappa shape index (κ3) is 3.51. The second kappa shape index (κ2) is 6.87. The van der Waals surface area contributed by atoms with Crippen molar-refractivity contribution in [2.24, 2.45) is 12.8 Å². The van der Waals surface area contributed by atoms with Gasteiger partial charge in [0.25, 0.3) is 0 Å². The van der Waals surface area contributed by atoms with Crippen molar-refractivity contribution in [1.29, 1.82) is 0 Å². The van der Waals surface area contributed by atoms with Gasteiger partial charge in [0.15, 0.2) is 0 Å². The number of thiocarbonyl (C=S) groups is 1. The zero-order chi connectivity index (χ0) is 14.7. The molecule has 0 aliphatic heterocycles. The van der Waals surface area contributed by atoms with Gasteiger partial charge in [-0.15, -0.1) is 0 Å². The minimum absolute atomic E-state index is 0.547. The Morgan fingerprint density at radius 3 is 2.65 bits per heavy atom. The Morgan fingerprint density at radius 1 is 1.50 bits per heavy atom. The summed E-state index contributed by atoms with van der Waals surface area (Å²) in [4.78, 5) is 2.91. The quantitative estimate of drug-likeness (QED) is 0.820. The van der Waals surface area contributed by atoms with Gasteiger partial charge in [0.1, 0.15) is 0 Å². The van der Waals surface area contributed by atoms with E-state index in [-0.39, 0.29) is 0 Å². The number of hydrogen-bond donors (Lipinski definition) is 1. The minimum Gasteiger partial charge on any atom is -0.392 e. The Kier molecular flexibility index (Phi) is 5.41. The molecular formula is C14H23ClN4S. The molecule has 112 valence electrons. The predicted molar refractivity (Wildman–Crippen MR) is 87.0 cm³/mol. The van der Waals surface area contributed by atoms with E-state index >= 15 is 0 Å². The van der Waals surface area contributed by atoms with E-state index < -0.39 is 0 Å². The molecule has 4 nitrogen and oxygen atoms in total. The highest BCUT2D eigenvalue weighted by Gasteiger charge is 2.25. The van der Waals surface area contributed by atoms with Crippen LogP contribution in [0, 0.1) is 0 Å². The molecule has 1 aliphatic carbocycles. The van der Waals surface area contributed by atoms with Crippen molar-refractivity contribution in [2.75, 3.05) is 6.54 Å². The maximum atomic E-state index is 6.44. The fourth-order valence-electron chi connectivity index (χ4n) is 2.97. The number of nitrogens with two attached hydrogens (primary N) is 1. The zero-order valence-corrected chi connectivity index (χ0v) is 13.8. The third-order valence-electron chi connectivity index (χ3n) is 4.06. The van der Waals surface area contributed by atoms with Crippen LogP contribution in [0.15, 0.2) is 0 Å². The number of aromatic nitrogens is 2. The van der Waals surface area contributed by atoms with E-state index in [0.29, 0.717) is 17.6 Å². The molecule has 1 aromatic heterocycles. The molecule has 0 unspecified atom stereocenters. The molecule has 0 saturated heterocycles. The second-order valence-electron chi connectivity index (χ2n) is 5.49. The maximum absolute atomic E-state index is 6.44. The first-order valence-electron chi connectivity index (χ1n) is 7.25. The van der Waals surface area contributed by atoms with Crippen molar-refractivity contribution in [1.82, 2.24) is 14.7 Å². The Bertz CT molecular complexity index is 480. The van der Waals surface area contributed by atoms with Gasteiger partial charge in [-0.1, -0.05) is 43.6 Å². The Balaban J connectivity index is 2.18. The van der Waals surface area contributed by atoms with Crippen molar-refractivity contribution >= 4 is 28.8 Å². The molecule has 0 bridgehead atoms. The van der Waals surface area contributed by atoms with Crippen LogP contribution in [0.4, 0.5) is 0 Å². The fourth-order valence-corrected chi connectivity index (χ4v) is 3.49. The van der Waals surface area contributed by atoms with Crippen molar-refractivity contribution in [3.05, 3.63) is 16.4 Å². The summed E-state index contributed by atoms with van der Waals surface area (Å²) in [5.41, 5.74) is 7.78. The summed E-state index contributed by atoms with van der Waals surface area (Å²) in [5, 5.41) is 5.27. The topological polar surface area (TPSA) is 47.1 Å². The van der Waals surface area contributed by atoms with Crippen molar-refractivity contribution < 1.29 is 0 Å². The van der Waals surface area contributed by atoms with Crippen LogP contribution in [0.1, 0.15) is 44.0 Å². The van der Waals surface area contributed by atoms with Crippen molar-refractivity contribution in [2.45, 2.75) is 51.6 Å². The molecule has 0 aromatic carbocycles. The van der Waals surface area contributed by atoms with E-state index in [1.807, 2.05) is 11.7 Å². The summed E-state index contributed by atoms with van der Waals surface area (Å²) in [6.07, 6.45) is 5.87. The second-order valence-corrected chi connectivity index (χ2v) is 6.40. The Labute approximate surface area is 131 Å². The van der Waals surface area contributed by atoms with Crippen LogP contribution in [0.2, 0.25) is 5.02 Å². The van der Waals surface area contributed by atoms with Crippen LogP contribution in [0.5, 0.6) is 0 Å². The van der Waals surface area contributed by atoms with Gasteiger partial charge in [-0.2, -0.15) is 5.10 Å². The van der Waals surface area contributed by atoms with E-state index in [1.54, 1.807) is 0 Å². The minimum atomic E-state index is 0.547. The first-order valence-corrected chi connectivity index (χ1v) is 8.04. The van der Waals surface area contributed by atoms with E-state index in [4.69, 9.17) is 29.6 Å². The predicted octanol–water partition coefficient (Wildman–Crippen LogP) is 2.67. The highest BCUT2D eigenvalue weighted by Crippen LogP contribution is 2.27. The van der Waals surface area contributed by atoms with Crippen LogP contribution in [-0.2, 0) is 20.0 Å². The molecule has 0 amide bonds. The van der Waals surface area contributed by atoms with Gasteiger partial charge in [0.05, 0.1) is 21.4 Å². The number of halogens is 1. The molecule has 0 atom stereocenters. The molecule has 6 heteroatoms. The molecule has 1 aliphatic rings. The third-order valence-corrected chi connectivity index (χ3v) is 4.62. The highest BCUT2D eigenvalue weighted by molar-refractivity contribution is 7.80. The largest absolute Gasteiger partial charge is 0.392 e. The van der Waals surface area contributed by atoms with E-state index in [9.17, 15) is 0 Å². The molecule has 1 saturated carbocycles. The average molecular weight is 315 g/mol. The molecule has 1 aromatic rings. The smallest absolute Gasteiger partial charge is 0.0870 e. The standard InChI is InChI=1S/C14H23ClN4S/c1-3-11-14(15)12(18(2)17-11)8-19(9-13(16)20)10-6-4-5-7-10/h10H,3-9H2,1-2H3,(H2,16,20). The van der Waals surface area contributed by atoms with Crippen LogP contribution in [-0.4, -0.2) is 32.3 Å². The van der Waals surface area contributed by atoms with Gasteiger partial charge in [-0.25, -0.2) is 0 Å². The first kappa shape index (κ1) is 15.7. The summed E-state index contributed by atoms with van der Waals surface area (Å²) in [7, 11) is 1.95. The molecule has 1 fully saturated rings. The maximum Gasteiger partial charge on any atom is 0.0870 e. The van der Waals surface area contributed by atoms with Gasteiger partial charge in [0.2, 0.25) is 0 Å². The normalized spacial score (nSPS) is 16.2. The van der Waals surface area contributed by atoms with Gasteiger partial charge < -0.3 is 5.73 Å². The lowest BCUT2D eigenvalue weighted by atomic mass is 10.2. The molecule has 0 radical (unpaired) electrons. The molecule has 2 rings (SSSR count). The fraction of sp³-hybridized carbons (Fsp3) is 0.714. The monoisotopic (exact) mass is 314 g/mol. The number of rotatable bonds is 6. The lowest BCUT2D eigenvalue weighted by Crippen LogP contribution is -2.39. The highest BCUT2D eigenvalue weighted by atomic mass is 35.5. The summed E-state index contributed by atoms with van der Waals surface area (Å²) in [6, 6.07) is 0.563. The van der Waals surface area contributed by atoms with Crippen LogP contribution in [0.25, 0.3) is 0 Å². The summed E-state index contributed by atoms with van der Waals surface area (Å²) in [5.74, 6) is 0. The lowest BCUT2D eigenvalue weighted by molar-refractivity contribution is 0.213. The van der Waals surface area contributed by atoms with Crippen molar-refractivity contribution in [3.63, 3.8) is 0 Å². The van der Waals surface area contributed by atoms with Gasteiger partial charge in [-0.3, -0.25) is 9.58 Å². The molecule has 1 heterocycles.